The van der Waals surface area contributed by atoms with Gasteiger partial charge < -0.3 is 0 Å². The first-order valence-corrected chi connectivity index (χ1v) is 4.06. The summed E-state index contributed by atoms with van der Waals surface area (Å²) in [6.45, 7) is 0. The number of benzene rings is 1. The molecule has 4 heteroatoms. The molecule has 2 rings (SSSR count). The minimum Gasteiger partial charge on any atom is -0.281 e. The molecule has 0 saturated carbocycles. The topological polar surface area (TPSA) is 34.9 Å². The standard InChI is InChI=1S/C10H7FN2O/c11-8-1-3-9(4-2-8)13-6-5-12-7-10(13)14/h1-7H. The third kappa shape index (κ3) is 1.54. The van der Waals surface area contributed by atoms with Crippen LogP contribution in [-0.4, -0.2) is 9.55 Å². The first-order chi connectivity index (χ1) is 6.77. The quantitative estimate of drug-likeness (QED) is 0.680. The number of aromatic nitrogens is 2. The van der Waals surface area contributed by atoms with Gasteiger partial charge >= 0.3 is 0 Å². The molecule has 0 unspecified atom stereocenters. The molecule has 14 heavy (non-hydrogen) atoms. The molecule has 0 N–H and O–H groups in total. The highest BCUT2D eigenvalue weighted by Gasteiger charge is 1.97. The van der Waals surface area contributed by atoms with Crippen LogP contribution in [0, 0.1) is 5.82 Å². The molecule has 0 aliphatic carbocycles. The Balaban J connectivity index is 2.56. The lowest BCUT2D eigenvalue weighted by molar-refractivity contribution is 0.627. The van der Waals surface area contributed by atoms with Crippen molar-refractivity contribution in [2.75, 3.05) is 0 Å². The number of hydrogen-bond acceptors (Lipinski definition) is 2. The number of halogens is 1. The summed E-state index contributed by atoms with van der Waals surface area (Å²) in [5, 5.41) is 0. The molecule has 3 nitrogen and oxygen atoms in total. The van der Waals surface area contributed by atoms with E-state index in [4.69, 9.17) is 0 Å². The van der Waals surface area contributed by atoms with Crippen molar-refractivity contribution in [3.63, 3.8) is 0 Å². The van der Waals surface area contributed by atoms with E-state index >= 15 is 0 Å². The van der Waals surface area contributed by atoms with Gasteiger partial charge in [0.25, 0.3) is 5.56 Å². The predicted octanol–water partition coefficient (Wildman–Crippen LogP) is 1.37. The third-order valence-electron chi connectivity index (χ3n) is 1.83. The fourth-order valence-corrected chi connectivity index (χ4v) is 1.16. The predicted molar refractivity (Wildman–Crippen MR) is 49.8 cm³/mol. The second-order valence-corrected chi connectivity index (χ2v) is 2.76. The van der Waals surface area contributed by atoms with E-state index in [9.17, 15) is 9.18 Å². The first-order valence-electron chi connectivity index (χ1n) is 4.06. The van der Waals surface area contributed by atoms with Crippen molar-refractivity contribution in [3.8, 4) is 5.69 Å². The van der Waals surface area contributed by atoms with Crippen LogP contribution in [0.25, 0.3) is 5.69 Å². The van der Waals surface area contributed by atoms with Crippen LogP contribution in [0.5, 0.6) is 0 Å². The molecule has 0 atom stereocenters. The molecule has 0 saturated heterocycles. The summed E-state index contributed by atoms with van der Waals surface area (Å²) in [6, 6.07) is 5.69. The number of rotatable bonds is 1. The highest BCUT2D eigenvalue weighted by Crippen LogP contribution is 2.05. The minimum absolute atomic E-state index is 0.237. The van der Waals surface area contributed by atoms with E-state index in [2.05, 4.69) is 4.98 Å². The molecule has 0 radical (unpaired) electrons. The molecule has 0 bridgehead atoms. The monoisotopic (exact) mass is 190 g/mol. The van der Waals surface area contributed by atoms with Crippen LogP contribution in [0.15, 0.2) is 47.7 Å². The zero-order valence-corrected chi connectivity index (χ0v) is 7.22. The second-order valence-electron chi connectivity index (χ2n) is 2.76. The molecule has 1 aromatic carbocycles. The normalized spacial score (nSPS) is 10.1. The van der Waals surface area contributed by atoms with Gasteiger partial charge in [-0.15, -0.1) is 0 Å². The summed E-state index contributed by atoms with van der Waals surface area (Å²) in [7, 11) is 0. The van der Waals surface area contributed by atoms with Crippen LogP contribution < -0.4 is 5.56 Å². The van der Waals surface area contributed by atoms with E-state index in [1.807, 2.05) is 0 Å². The second kappa shape index (κ2) is 3.41. The molecular formula is C10H7FN2O. The van der Waals surface area contributed by atoms with Crippen LogP contribution in [-0.2, 0) is 0 Å². The maximum atomic E-state index is 12.6. The maximum Gasteiger partial charge on any atom is 0.273 e. The van der Waals surface area contributed by atoms with Gasteiger partial charge in [-0.05, 0) is 24.3 Å². The first kappa shape index (κ1) is 8.62. The maximum absolute atomic E-state index is 12.6. The van der Waals surface area contributed by atoms with Gasteiger partial charge in [-0.2, -0.15) is 0 Å². The lowest BCUT2D eigenvalue weighted by atomic mass is 10.3. The van der Waals surface area contributed by atoms with Crippen molar-refractivity contribution >= 4 is 0 Å². The fraction of sp³-hybridized carbons (Fsp3) is 0. The summed E-state index contributed by atoms with van der Waals surface area (Å²) >= 11 is 0. The van der Waals surface area contributed by atoms with Gasteiger partial charge in [-0.25, -0.2) is 4.39 Å². The molecule has 0 fully saturated rings. The van der Waals surface area contributed by atoms with Crippen LogP contribution >= 0.6 is 0 Å². The minimum atomic E-state index is -0.323. The van der Waals surface area contributed by atoms with Crippen molar-refractivity contribution in [2.45, 2.75) is 0 Å². The van der Waals surface area contributed by atoms with Gasteiger partial charge in [-0.3, -0.25) is 14.3 Å². The van der Waals surface area contributed by atoms with E-state index in [0.29, 0.717) is 5.69 Å². The molecule has 0 aliphatic rings. The van der Waals surface area contributed by atoms with Gasteiger partial charge in [0.05, 0.1) is 6.20 Å². The van der Waals surface area contributed by atoms with Crippen LogP contribution in [0.3, 0.4) is 0 Å². The smallest absolute Gasteiger partial charge is 0.273 e. The van der Waals surface area contributed by atoms with E-state index in [-0.39, 0.29) is 11.4 Å². The average Bonchev–Trinajstić information content (AvgIpc) is 2.20. The van der Waals surface area contributed by atoms with Crippen molar-refractivity contribution in [2.24, 2.45) is 0 Å². The number of nitrogens with zero attached hydrogens (tertiary/aromatic N) is 2. The Labute approximate surface area is 79.5 Å². The SMILES string of the molecule is O=c1cnccn1-c1ccc(F)cc1. The van der Waals surface area contributed by atoms with Crippen molar-refractivity contribution in [1.29, 1.82) is 0 Å². The molecule has 1 heterocycles. The highest BCUT2D eigenvalue weighted by atomic mass is 19.1. The summed E-state index contributed by atoms with van der Waals surface area (Å²) in [5.74, 6) is -0.323. The van der Waals surface area contributed by atoms with Crippen LogP contribution in [0.1, 0.15) is 0 Å². The lowest BCUT2D eigenvalue weighted by Gasteiger charge is -2.03. The van der Waals surface area contributed by atoms with Gasteiger partial charge in [-0.1, -0.05) is 0 Å². The lowest BCUT2D eigenvalue weighted by Crippen LogP contribution is -2.16. The fourth-order valence-electron chi connectivity index (χ4n) is 1.16. The van der Waals surface area contributed by atoms with Crippen molar-refractivity contribution in [3.05, 3.63) is 59.0 Å². The molecule has 70 valence electrons. The Kier molecular flexibility index (Phi) is 2.10. The zero-order chi connectivity index (χ0) is 9.97. The molecule has 0 aliphatic heterocycles. The summed E-state index contributed by atoms with van der Waals surface area (Å²) in [5.41, 5.74) is 0.387. The molecule has 0 spiro atoms. The van der Waals surface area contributed by atoms with E-state index in [0.717, 1.165) is 0 Å². The summed E-state index contributed by atoms with van der Waals surface area (Å²) in [4.78, 5) is 15.0. The molecular weight excluding hydrogens is 183 g/mol. The Bertz CT molecular complexity index is 490. The van der Waals surface area contributed by atoms with Crippen molar-refractivity contribution < 1.29 is 4.39 Å². The van der Waals surface area contributed by atoms with E-state index < -0.39 is 0 Å². The van der Waals surface area contributed by atoms with Crippen molar-refractivity contribution in [1.82, 2.24) is 9.55 Å². The Morgan fingerprint density at radius 1 is 1.21 bits per heavy atom. The summed E-state index contributed by atoms with van der Waals surface area (Å²) in [6.07, 6.45) is 4.25. The van der Waals surface area contributed by atoms with Gasteiger partial charge in [0.1, 0.15) is 5.82 Å². The molecule has 0 amide bonds. The van der Waals surface area contributed by atoms with Gasteiger partial charge in [0.15, 0.2) is 0 Å². The Morgan fingerprint density at radius 2 is 1.93 bits per heavy atom. The summed E-state index contributed by atoms with van der Waals surface area (Å²) < 4.78 is 14.0. The highest BCUT2D eigenvalue weighted by molar-refractivity contribution is 5.31. The third-order valence-corrected chi connectivity index (χ3v) is 1.83. The van der Waals surface area contributed by atoms with Gasteiger partial charge in [0.2, 0.25) is 0 Å². The average molecular weight is 190 g/mol. The van der Waals surface area contributed by atoms with Crippen LogP contribution in [0.2, 0.25) is 0 Å². The van der Waals surface area contributed by atoms with Gasteiger partial charge in [0, 0.05) is 18.1 Å². The van der Waals surface area contributed by atoms with E-state index in [1.165, 1.54) is 47.4 Å². The Hall–Kier alpha value is -1.97. The molecule has 1 aromatic heterocycles. The van der Waals surface area contributed by atoms with Crippen LogP contribution in [0.4, 0.5) is 4.39 Å². The number of hydrogen-bond donors (Lipinski definition) is 0. The Morgan fingerprint density at radius 3 is 2.57 bits per heavy atom. The van der Waals surface area contributed by atoms with E-state index in [1.54, 1.807) is 0 Å². The largest absolute Gasteiger partial charge is 0.281 e. The zero-order valence-electron chi connectivity index (χ0n) is 7.22. The molecule has 2 aromatic rings.